The number of ether oxygens (including phenoxy) is 2. The number of rotatable bonds is 9. The number of nitrogens with zero attached hydrogens (tertiary/aromatic N) is 3. The molecule has 1 aromatic carbocycles. The molecule has 2 aromatic heterocycles. The number of aromatic nitrogens is 1. The van der Waals surface area contributed by atoms with Crippen LogP contribution in [0.3, 0.4) is 0 Å². The molecule has 17 heteroatoms. The van der Waals surface area contributed by atoms with Crippen LogP contribution in [0.5, 0.6) is 11.5 Å². The van der Waals surface area contributed by atoms with Crippen molar-refractivity contribution in [2.75, 3.05) is 19.6 Å². The maximum atomic E-state index is 14.9. The molecule has 4 atom stereocenters. The molecule has 10 nitrogen and oxygen atoms in total. The summed E-state index contributed by atoms with van der Waals surface area (Å²) in [7, 11) is 0. The first-order valence-electron chi connectivity index (χ1n) is 18.1. The van der Waals surface area contributed by atoms with Crippen molar-refractivity contribution in [3.8, 4) is 11.5 Å². The van der Waals surface area contributed by atoms with Crippen LogP contribution < -0.4 is 9.47 Å². The summed E-state index contributed by atoms with van der Waals surface area (Å²) in [6.45, 7) is 2.98. The van der Waals surface area contributed by atoms with Crippen molar-refractivity contribution < 1.29 is 60.4 Å². The lowest BCUT2D eigenvalue weighted by molar-refractivity contribution is -0.160. The molecule has 3 fully saturated rings. The van der Waals surface area contributed by atoms with E-state index in [4.69, 9.17) is 9.47 Å². The first kappa shape index (κ1) is 41.0. The highest BCUT2D eigenvalue weighted by Crippen LogP contribution is 2.45. The fraction of sp³-hybridized carbons (Fsp3) is 0.487. The van der Waals surface area contributed by atoms with E-state index in [2.05, 4.69) is 4.98 Å². The molecule has 2 aliphatic heterocycles. The van der Waals surface area contributed by atoms with E-state index >= 15 is 0 Å². The average molecular weight is 810 g/mol. The van der Waals surface area contributed by atoms with E-state index in [1.165, 1.54) is 17.1 Å². The number of halogens is 6. The molecule has 1 saturated carbocycles. The molecule has 0 radical (unpaired) electrons. The molecule has 302 valence electrons. The highest BCUT2D eigenvalue weighted by atomic mass is 32.1. The molecule has 0 bridgehead atoms. The summed E-state index contributed by atoms with van der Waals surface area (Å²) in [5.41, 5.74) is -6.29. The number of hydrogen-bond donors (Lipinski definition) is 2. The summed E-state index contributed by atoms with van der Waals surface area (Å²) < 4.78 is 95.8. The van der Waals surface area contributed by atoms with Crippen LogP contribution in [0, 0.1) is 5.41 Å². The summed E-state index contributed by atoms with van der Waals surface area (Å²) in [4.78, 5) is 45.9. The highest BCUT2D eigenvalue weighted by Gasteiger charge is 2.56. The third-order valence-electron chi connectivity index (χ3n) is 11.0. The maximum Gasteiger partial charge on any atom is 0.425 e. The molecule has 3 aliphatic rings. The van der Waals surface area contributed by atoms with E-state index in [9.17, 15) is 50.9 Å². The number of carboxylic acid groups (broad SMARTS) is 1. The minimum absolute atomic E-state index is 0.0107. The van der Waals surface area contributed by atoms with Crippen molar-refractivity contribution >= 4 is 29.1 Å². The topological polar surface area (TPSA) is 130 Å². The Morgan fingerprint density at radius 3 is 2.32 bits per heavy atom. The lowest BCUT2D eigenvalue weighted by atomic mass is 9.79. The van der Waals surface area contributed by atoms with E-state index in [1.54, 1.807) is 38.1 Å². The molecule has 6 rings (SSSR count). The van der Waals surface area contributed by atoms with Crippen LogP contribution in [0.2, 0.25) is 0 Å². The van der Waals surface area contributed by atoms with Crippen LogP contribution in [0.4, 0.5) is 26.3 Å². The summed E-state index contributed by atoms with van der Waals surface area (Å²) >= 11 is 0.343. The minimum atomic E-state index is -4.94. The number of aliphatic hydroxyl groups is 1. The number of benzene rings is 1. The second-order valence-electron chi connectivity index (χ2n) is 14.8. The monoisotopic (exact) mass is 809 g/mol. The number of para-hydroxylation sites is 1. The molecule has 4 heterocycles. The molecule has 4 unspecified atom stereocenters. The molecule has 56 heavy (non-hydrogen) atoms. The average Bonchev–Trinajstić information content (AvgIpc) is 3.79. The summed E-state index contributed by atoms with van der Waals surface area (Å²) in [5, 5.41) is 22.8. The Bertz CT molecular complexity index is 1980. The molecule has 1 aliphatic carbocycles. The zero-order valence-electron chi connectivity index (χ0n) is 30.5. The van der Waals surface area contributed by atoms with Crippen molar-refractivity contribution in [2.45, 2.75) is 94.5 Å². The van der Waals surface area contributed by atoms with Gasteiger partial charge in [0.2, 0.25) is 5.60 Å². The van der Waals surface area contributed by atoms with Gasteiger partial charge in [-0.1, -0.05) is 30.4 Å². The zero-order chi connectivity index (χ0) is 40.7. The number of piperidine rings is 2. The Hall–Kier alpha value is -4.64. The van der Waals surface area contributed by atoms with Gasteiger partial charge in [0.15, 0.2) is 0 Å². The smallest absolute Gasteiger partial charge is 0.425 e. The third-order valence-corrected chi connectivity index (χ3v) is 12.0. The van der Waals surface area contributed by atoms with Gasteiger partial charge >= 0.3 is 18.3 Å². The lowest BCUT2D eigenvalue weighted by Crippen LogP contribution is -2.68. The number of alkyl halides is 6. The molecule has 0 spiro atoms. The number of hydrogen-bond acceptors (Lipinski definition) is 8. The fourth-order valence-electron chi connectivity index (χ4n) is 8.01. The number of likely N-dealkylation sites (tertiary alicyclic amines) is 2. The lowest BCUT2D eigenvalue weighted by Gasteiger charge is -2.50. The molecule has 2 saturated heterocycles. The van der Waals surface area contributed by atoms with Gasteiger partial charge in [0.05, 0.1) is 28.7 Å². The number of amides is 2. The van der Waals surface area contributed by atoms with Gasteiger partial charge in [-0.3, -0.25) is 19.4 Å². The number of carbonyl (C=O) groups is 3. The van der Waals surface area contributed by atoms with Gasteiger partial charge in [-0.2, -0.15) is 26.3 Å². The van der Waals surface area contributed by atoms with Crippen LogP contribution in [0.15, 0.2) is 66.2 Å². The second kappa shape index (κ2) is 15.4. The van der Waals surface area contributed by atoms with Crippen LogP contribution in [-0.2, 0) is 27.5 Å². The van der Waals surface area contributed by atoms with E-state index < -0.39 is 75.0 Å². The Balaban J connectivity index is 1.31. The minimum Gasteiger partial charge on any atom is -0.490 e. The van der Waals surface area contributed by atoms with Gasteiger partial charge in [-0.25, -0.2) is 0 Å². The predicted molar refractivity (Wildman–Crippen MR) is 191 cm³/mol. The number of aliphatic carboxylic acids is 1. The molecule has 2 amide bonds. The van der Waals surface area contributed by atoms with Crippen molar-refractivity contribution in [3.63, 3.8) is 0 Å². The second-order valence-corrected chi connectivity index (χ2v) is 15.7. The molecular formula is C39H41F6N3O7S. The number of carbonyl (C=O) groups excluding carboxylic acids is 2. The summed E-state index contributed by atoms with van der Waals surface area (Å²) in [5.74, 6) is -2.72. The summed E-state index contributed by atoms with van der Waals surface area (Å²) in [6, 6.07) is 7.93. The van der Waals surface area contributed by atoms with Crippen molar-refractivity contribution in [1.29, 1.82) is 0 Å². The van der Waals surface area contributed by atoms with Gasteiger partial charge in [0, 0.05) is 55.7 Å². The van der Waals surface area contributed by atoms with Crippen LogP contribution >= 0.6 is 11.3 Å². The van der Waals surface area contributed by atoms with E-state index in [1.807, 2.05) is 0 Å². The number of pyridine rings is 1. The molecule has 3 aromatic rings. The maximum absolute atomic E-state index is 14.9. The van der Waals surface area contributed by atoms with Gasteiger partial charge in [-0.05, 0) is 64.2 Å². The van der Waals surface area contributed by atoms with Crippen molar-refractivity contribution in [3.05, 3.63) is 87.9 Å². The van der Waals surface area contributed by atoms with E-state index in [0.29, 0.717) is 41.6 Å². The van der Waals surface area contributed by atoms with Gasteiger partial charge in [-0.15, -0.1) is 11.3 Å². The van der Waals surface area contributed by atoms with Crippen LogP contribution in [-0.4, -0.2) is 80.2 Å². The van der Waals surface area contributed by atoms with Crippen LogP contribution in [0.1, 0.15) is 85.3 Å². The Morgan fingerprint density at radius 2 is 1.70 bits per heavy atom. The predicted octanol–water partition coefficient (Wildman–Crippen LogP) is 7.71. The zero-order valence-corrected chi connectivity index (χ0v) is 31.3. The van der Waals surface area contributed by atoms with Crippen molar-refractivity contribution in [1.82, 2.24) is 14.8 Å². The van der Waals surface area contributed by atoms with Gasteiger partial charge < -0.3 is 29.5 Å². The number of carboxylic acids is 1. The molecule has 2 N–H and O–H groups in total. The molecular weight excluding hydrogens is 768 g/mol. The Morgan fingerprint density at radius 1 is 0.982 bits per heavy atom. The highest BCUT2D eigenvalue weighted by molar-refractivity contribution is 7.10. The number of thiophene rings is 1. The largest absolute Gasteiger partial charge is 0.490 e. The normalized spacial score (nSPS) is 25.7. The Labute approximate surface area is 322 Å². The van der Waals surface area contributed by atoms with E-state index in [0.717, 1.165) is 28.6 Å². The van der Waals surface area contributed by atoms with Gasteiger partial charge in [0.25, 0.3) is 11.8 Å². The summed E-state index contributed by atoms with van der Waals surface area (Å²) in [6.07, 6.45) is -5.03. The fourth-order valence-corrected chi connectivity index (χ4v) is 8.69. The first-order chi connectivity index (χ1) is 26.3. The third kappa shape index (κ3) is 7.97. The SMILES string of the molecule is CC=CC1N(C(=O)c2ncccc2C(F)(F)F)CCCC1(Oc1csc(C(F)(F)F)c1)C(=O)N1CCC(O)(c2ccccc2OC2CCC(C)(C(=O)O)C2)CC1. The van der Waals surface area contributed by atoms with E-state index in [-0.39, 0.29) is 57.5 Å². The van der Waals surface area contributed by atoms with Gasteiger partial charge in [0.1, 0.15) is 22.1 Å². The number of allylic oxidation sites excluding steroid dienone is 1. The van der Waals surface area contributed by atoms with Crippen molar-refractivity contribution in [2.24, 2.45) is 5.41 Å². The Kier molecular flexibility index (Phi) is 11.3. The quantitative estimate of drug-likeness (QED) is 0.166. The standard InChI is InChI=1S/C39H41F6N3O7S/c1-3-8-29-37(55-25-21-30(56-23-25)39(43,44)45,13-7-18-48(29)32(49)31-27(38(40,41)42)10-6-17-46-31)33(50)47-19-15-36(53,16-20-47)26-9-4-5-11-28(26)54-24-12-14-35(2,22-24)34(51)52/h3-6,8-11,17,21,23-24,29,53H,7,12-16,18-20,22H2,1-2H3,(H,51,52). The van der Waals surface area contributed by atoms with Crippen LogP contribution in [0.25, 0.3) is 0 Å². The first-order valence-corrected chi connectivity index (χ1v) is 19.0.